The fourth-order valence-corrected chi connectivity index (χ4v) is 4.00. The molecule has 1 unspecified atom stereocenters. The number of nitrogens with one attached hydrogen (secondary N) is 2. The van der Waals surface area contributed by atoms with E-state index in [1.54, 1.807) is 0 Å². The Kier molecular flexibility index (Phi) is 6.23. The molecule has 0 saturated heterocycles. The minimum atomic E-state index is -0.217. The van der Waals surface area contributed by atoms with Crippen molar-refractivity contribution in [1.29, 1.82) is 0 Å². The molecule has 0 aliphatic heterocycles. The summed E-state index contributed by atoms with van der Waals surface area (Å²) < 4.78 is 0.791. The van der Waals surface area contributed by atoms with Gasteiger partial charge in [-0.1, -0.05) is 52.9 Å². The molecule has 0 saturated carbocycles. The zero-order valence-corrected chi connectivity index (χ0v) is 16.3. The van der Waals surface area contributed by atoms with Gasteiger partial charge in [0.15, 0.2) is 4.34 Å². The summed E-state index contributed by atoms with van der Waals surface area (Å²) in [6.07, 6.45) is 0. The third kappa shape index (κ3) is 6.13. The summed E-state index contributed by atoms with van der Waals surface area (Å²) in [6, 6.07) is 8.15. The summed E-state index contributed by atoms with van der Waals surface area (Å²) >= 11 is 2.90. The van der Waals surface area contributed by atoms with E-state index in [-0.39, 0.29) is 16.7 Å². The van der Waals surface area contributed by atoms with Crippen LogP contribution in [0.5, 0.6) is 0 Å². The number of aryl methyl sites for hydroxylation is 1. The normalized spacial score (nSPS) is 12.7. The topological polar surface area (TPSA) is 66.9 Å². The van der Waals surface area contributed by atoms with E-state index in [0.29, 0.717) is 6.54 Å². The summed E-state index contributed by atoms with van der Waals surface area (Å²) in [5.41, 5.74) is 2.25. The van der Waals surface area contributed by atoms with Crippen molar-refractivity contribution in [2.75, 3.05) is 5.32 Å². The Balaban J connectivity index is 1.84. The van der Waals surface area contributed by atoms with Crippen molar-refractivity contribution < 1.29 is 4.79 Å². The van der Waals surface area contributed by atoms with Crippen LogP contribution in [0.25, 0.3) is 0 Å². The molecule has 130 valence electrons. The molecule has 2 N–H and O–H groups in total. The molecule has 2 rings (SSSR count). The number of rotatable bonds is 6. The highest BCUT2D eigenvalue weighted by Gasteiger charge is 2.18. The molecule has 1 aromatic carbocycles. The average molecular weight is 365 g/mol. The quantitative estimate of drug-likeness (QED) is 0.762. The van der Waals surface area contributed by atoms with E-state index >= 15 is 0 Å². The van der Waals surface area contributed by atoms with Gasteiger partial charge in [-0.05, 0) is 40.2 Å². The molecule has 0 aliphatic carbocycles. The zero-order chi connectivity index (χ0) is 17.7. The van der Waals surface area contributed by atoms with E-state index in [4.69, 9.17) is 0 Å². The molecule has 7 heteroatoms. The number of thioether (sulfide) groups is 1. The predicted octanol–water partition coefficient (Wildman–Crippen LogP) is 3.85. The lowest BCUT2D eigenvalue weighted by molar-refractivity contribution is -0.120. The molecule has 1 atom stereocenters. The molecular formula is C17H24N4OS2. The lowest BCUT2D eigenvalue weighted by Crippen LogP contribution is -2.30. The number of amides is 1. The summed E-state index contributed by atoms with van der Waals surface area (Å²) in [5.74, 6) is 0.00102. The molecule has 0 bridgehead atoms. The van der Waals surface area contributed by atoms with Crippen LogP contribution in [0.3, 0.4) is 0 Å². The third-order valence-electron chi connectivity index (χ3n) is 3.12. The maximum atomic E-state index is 12.2. The maximum absolute atomic E-state index is 12.2. The van der Waals surface area contributed by atoms with E-state index in [0.717, 1.165) is 15.0 Å². The lowest BCUT2D eigenvalue weighted by Gasteiger charge is -2.18. The van der Waals surface area contributed by atoms with Gasteiger partial charge in [-0.15, -0.1) is 10.2 Å². The molecule has 5 nitrogen and oxygen atoms in total. The smallest absolute Gasteiger partial charge is 0.233 e. The first-order chi connectivity index (χ1) is 11.2. The van der Waals surface area contributed by atoms with Crippen LogP contribution in [-0.4, -0.2) is 26.9 Å². The largest absolute Gasteiger partial charge is 0.355 e. The van der Waals surface area contributed by atoms with E-state index in [9.17, 15) is 4.79 Å². The van der Waals surface area contributed by atoms with Gasteiger partial charge >= 0.3 is 0 Å². The van der Waals surface area contributed by atoms with Crippen molar-refractivity contribution in [3.63, 3.8) is 0 Å². The minimum absolute atomic E-state index is 0.00102. The SMILES string of the molecule is Cc1ccc(CNC(=O)C(C)Sc2nnc(NC(C)(C)C)s2)cc1. The average Bonchev–Trinajstić information content (AvgIpc) is 2.91. The van der Waals surface area contributed by atoms with Crippen molar-refractivity contribution in [3.8, 4) is 0 Å². The van der Waals surface area contributed by atoms with Crippen LogP contribution in [0.4, 0.5) is 5.13 Å². The van der Waals surface area contributed by atoms with Gasteiger partial charge in [-0.3, -0.25) is 4.79 Å². The van der Waals surface area contributed by atoms with Gasteiger partial charge < -0.3 is 10.6 Å². The minimum Gasteiger partial charge on any atom is -0.355 e. The Morgan fingerprint density at radius 2 is 1.92 bits per heavy atom. The predicted molar refractivity (Wildman–Crippen MR) is 102 cm³/mol. The van der Waals surface area contributed by atoms with E-state index in [1.165, 1.54) is 28.7 Å². The first-order valence-corrected chi connectivity index (χ1v) is 9.54. The molecule has 0 radical (unpaired) electrons. The Morgan fingerprint density at radius 3 is 2.54 bits per heavy atom. The van der Waals surface area contributed by atoms with Gasteiger partial charge in [0.1, 0.15) is 0 Å². The second-order valence-electron chi connectivity index (χ2n) is 6.71. The molecule has 2 aromatic rings. The van der Waals surface area contributed by atoms with Crippen LogP contribution in [-0.2, 0) is 11.3 Å². The second kappa shape index (κ2) is 7.98. The molecule has 0 spiro atoms. The second-order valence-corrected chi connectivity index (χ2v) is 9.28. The summed E-state index contributed by atoms with van der Waals surface area (Å²) in [7, 11) is 0. The van der Waals surface area contributed by atoms with Gasteiger partial charge in [-0.25, -0.2) is 0 Å². The van der Waals surface area contributed by atoms with Gasteiger partial charge in [-0.2, -0.15) is 0 Å². The fourth-order valence-electron chi connectivity index (χ4n) is 1.87. The Bertz CT molecular complexity index is 677. The number of nitrogens with zero attached hydrogens (tertiary/aromatic N) is 2. The van der Waals surface area contributed by atoms with Crippen LogP contribution in [0.15, 0.2) is 28.6 Å². The summed E-state index contributed by atoms with van der Waals surface area (Å²) in [5, 5.41) is 15.1. The van der Waals surface area contributed by atoms with Gasteiger partial charge in [0, 0.05) is 12.1 Å². The molecule has 0 fully saturated rings. The number of anilines is 1. The van der Waals surface area contributed by atoms with Crippen molar-refractivity contribution in [3.05, 3.63) is 35.4 Å². The number of hydrogen-bond donors (Lipinski definition) is 2. The zero-order valence-electron chi connectivity index (χ0n) is 14.7. The maximum Gasteiger partial charge on any atom is 0.233 e. The monoisotopic (exact) mass is 364 g/mol. The van der Waals surface area contributed by atoms with Crippen molar-refractivity contribution in [1.82, 2.24) is 15.5 Å². The highest BCUT2D eigenvalue weighted by atomic mass is 32.2. The summed E-state index contributed by atoms with van der Waals surface area (Å²) in [4.78, 5) is 12.2. The third-order valence-corrected chi connectivity index (χ3v) is 5.15. The number of carbonyl (C=O) groups excluding carboxylic acids is 1. The van der Waals surface area contributed by atoms with Gasteiger partial charge in [0.25, 0.3) is 0 Å². The van der Waals surface area contributed by atoms with E-state index < -0.39 is 0 Å². The first-order valence-electron chi connectivity index (χ1n) is 7.84. The highest BCUT2D eigenvalue weighted by molar-refractivity contribution is 8.02. The van der Waals surface area contributed by atoms with Crippen LogP contribution in [0.1, 0.15) is 38.8 Å². The van der Waals surface area contributed by atoms with E-state index in [2.05, 4.69) is 41.6 Å². The number of aromatic nitrogens is 2. The fraction of sp³-hybridized carbons (Fsp3) is 0.471. The van der Waals surface area contributed by atoms with Crippen LogP contribution in [0, 0.1) is 6.92 Å². The van der Waals surface area contributed by atoms with Crippen LogP contribution >= 0.6 is 23.1 Å². The Labute approximate surface area is 151 Å². The van der Waals surface area contributed by atoms with Gasteiger partial charge in [0.2, 0.25) is 11.0 Å². The molecule has 1 amide bonds. The van der Waals surface area contributed by atoms with Crippen molar-refractivity contribution in [2.24, 2.45) is 0 Å². The van der Waals surface area contributed by atoms with Crippen molar-refractivity contribution in [2.45, 2.75) is 56.3 Å². The van der Waals surface area contributed by atoms with Crippen molar-refractivity contribution >= 4 is 34.1 Å². The highest BCUT2D eigenvalue weighted by Crippen LogP contribution is 2.30. The van der Waals surface area contributed by atoms with Crippen LogP contribution in [0.2, 0.25) is 0 Å². The molecule has 1 aromatic heterocycles. The summed E-state index contributed by atoms with van der Waals surface area (Å²) in [6.45, 7) is 10.7. The van der Waals surface area contributed by atoms with E-state index in [1.807, 2.05) is 38.1 Å². The molecule has 0 aliphatic rings. The van der Waals surface area contributed by atoms with Gasteiger partial charge in [0.05, 0.1) is 5.25 Å². The number of hydrogen-bond acceptors (Lipinski definition) is 6. The number of carbonyl (C=O) groups is 1. The Hall–Kier alpha value is -1.60. The number of benzene rings is 1. The molecule has 24 heavy (non-hydrogen) atoms. The van der Waals surface area contributed by atoms with Crippen LogP contribution < -0.4 is 10.6 Å². The first kappa shape index (κ1) is 18.7. The Morgan fingerprint density at radius 1 is 1.25 bits per heavy atom. The lowest BCUT2D eigenvalue weighted by atomic mass is 10.1. The molecule has 1 heterocycles. The standard InChI is InChI=1S/C17H24N4OS2/c1-11-6-8-13(9-7-11)10-18-14(22)12(2)23-16-21-20-15(24-16)19-17(3,4)5/h6-9,12H,10H2,1-5H3,(H,18,22)(H,19,20). The molecular weight excluding hydrogens is 340 g/mol.